The van der Waals surface area contributed by atoms with E-state index in [0.717, 1.165) is 17.0 Å². The Bertz CT molecular complexity index is 320. The normalized spacial score (nSPS) is 11.6. The lowest BCUT2D eigenvalue weighted by molar-refractivity contribution is -0.131. The van der Waals surface area contributed by atoms with Crippen molar-refractivity contribution in [2.75, 3.05) is 6.54 Å². The number of nitrogens with zero attached hydrogens (tertiary/aromatic N) is 1. The maximum Gasteiger partial charge on any atom is 0.328 e. The average Bonchev–Trinajstić information content (AvgIpc) is 2.55. The SMILES string of the molecule is CC(=CC(=O)O)CNCc1cncs1. The Balaban J connectivity index is 2.25. The number of aliphatic carboxylic acids is 1. The minimum atomic E-state index is -0.901. The van der Waals surface area contributed by atoms with Crippen LogP contribution in [0.4, 0.5) is 0 Å². The Morgan fingerprint density at radius 3 is 3.14 bits per heavy atom. The van der Waals surface area contributed by atoms with Gasteiger partial charge < -0.3 is 10.4 Å². The van der Waals surface area contributed by atoms with Crippen LogP contribution in [0.5, 0.6) is 0 Å². The lowest BCUT2D eigenvalue weighted by Crippen LogP contribution is -2.15. The first-order chi connectivity index (χ1) is 6.68. The van der Waals surface area contributed by atoms with Crippen LogP contribution in [0.25, 0.3) is 0 Å². The van der Waals surface area contributed by atoms with Gasteiger partial charge in [0.15, 0.2) is 0 Å². The van der Waals surface area contributed by atoms with Gasteiger partial charge >= 0.3 is 5.97 Å². The van der Waals surface area contributed by atoms with Crippen LogP contribution < -0.4 is 5.32 Å². The smallest absolute Gasteiger partial charge is 0.328 e. The van der Waals surface area contributed by atoms with Crippen molar-refractivity contribution in [3.05, 3.63) is 28.2 Å². The van der Waals surface area contributed by atoms with Crippen LogP contribution in [-0.2, 0) is 11.3 Å². The molecule has 0 unspecified atom stereocenters. The standard InChI is InChI=1S/C9H12N2O2S/c1-7(2-9(12)13)3-10-4-8-5-11-6-14-8/h2,5-6,10H,3-4H2,1H3,(H,12,13). The molecule has 5 heteroatoms. The molecule has 2 N–H and O–H groups in total. The highest BCUT2D eigenvalue weighted by Gasteiger charge is 1.96. The summed E-state index contributed by atoms with van der Waals surface area (Å²) in [7, 11) is 0. The first kappa shape index (κ1) is 10.9. The monoisotopic (exact) mass is 212 g/mol. The fourth-order valence-corrected chi connectivity index (χ4v) is 1.54. The molecule has 0 spiro atoms. The van der Waals surface area contributed by atoms with Crippen LogP contribution in [-0.4, -0.2) is 22.6 Å². The van der Waals surface area contributed by atoms with Gasteiger partial charge in [-0.1, -0.05) is 5.57 Å². The molecule has 0 saturated heterocycles. The minimum Gasteiger partial charge on any atom is -0.478 e. The van der Waals surface area contributed by atoms with Gasteiger partial charge in [-0.3, -0.25) is 4.98 Å². The summed E-state index contributed by atoms with van der Waals surface area (Å²) >= 11 is 1.58. The van der Waals surface area contributed by atoms with E-state index in [9.17, 15) is 4.79 Å². The van der Waals surface area contributed by atoms with Crippen LogP contribution in [0.1, 0.15) is 11.8 Å². The first-order valence-electron chi connectivity index (χ1n) is 4.16. The van der Waals surface area contributed by atoms with E-state index in [1.807, 2.05) is 0 Å². The van der Waals surface area contributed by atoms with Crippen molar-refractivity contribution >= 4 is 17.3 Å². The van der Waals surface area contributed by atoms with E-state index >= 15 is 0 Å². The number of carboxylic acids is 1. The summed E-state index contributed by atoms with van der Waals surface area (Å²) in [6, 6.07) is 0. The fourth-order valence-electron chi connectivity index (χ4n) is 0.974. The van der Waals surface area contributed by atoms with Gasteiger partial charge in [-0.15, -0.1) is 11.3 Å². The molecule has 0 fully saturated rings. The summed E-state index contributed by atoms with van der Waals surface area (Å²) in [6.45, 7) is 3.10. The number of rotatable bonds is 5. The van der Waals surface area contributed by atoms with E-state index in [1.54, 1.807) is 30.0 Å². The third-order valence-electron chi connectivity index (χ3n) is 1.56. The number of hydrogen-bond donors (Lipinski definition) is 2. The van der Waals surface area contributed by atoms with Crippen LogP contribution in [0.3, 0.4) is 0 Å². The summed E-state index contributed by atoms with van der Waals surface area (Å²) in [5.74, 6) is -0.901. The van der Waals surface area contributed by atoms with Crippen molar-refractivity contribution in [1.82, 2.24) is 10.3 Å². The highest BCUT2D eigenvalue weighted by molar-refractivity contribution is 7.09. The van der Waals surface area contributed by atoms with Crippen molar-refractivity contribution in [3.8, 4) is 0 Å². The molecule has 0 saturated carbocycles. The zero-order valence-corrected chi connectivity index (χ0v) is 8.67. The van der Waals surface area contributed by atoms with E-state index in [2.05, 4.69) is 10.3 Å². The van der Waals surface area contributed by atoms with Gasteiger partial charge in [-0.25, -0.2) is 4.79 Å². The Morgan fingerprint density at radius 2 is 2.57 bits per heavy atom. The summed E-state index contributed by atoms with van der Waals surface area (Å²) in [5, 5.41) is 11.6. The molecule has 1 aromatic rings. The first-order valence-corrected chi connectivity index (χ1v) is 5.04. The van der Waals surface area contributed by atoms with Crippen molar-refractivity contribution in [2.45, 2.75) is 13.5 Å². The molecule has 0 aliphatic rings. The Morgan fingerprint density at radius 1 is 1.79 bits per heavy atom. The summed E-state index contributed by atoms with van der Waals surface area (Å²) < 4.78 is 0. The Hall–Kier alpha value is -1.20. The third kappa shape index (κ3) is 4.15. The average molecular weight is 212 g/mol. The van der Waals surface area contributed by atoms with E-state index in [1.165, 1.54) is 6.08 Å². The maximum atomic E-state index is 10.3. The number of nitrogens with one attached hydrogen (secondary N) is 1. The molecule has 0 radical (unpaired) electrons. The summed E-state index contributed by atoms with van der Waals surface area (Å²) in [6.07, 6.45) is 3.01. The van der Waals surface area contributed by atoms with Gasteiger partial charge in [0, 0.05) is 30.2 Å². The van der Waals surface area contributed by atoms with Crippen molar-refractivity contribution < 1.29 is 9.90 Å². The minimum absolute atomic E-state index is 0.588. The Kier molecular flexibility index (Phi) is 4.28. The van der Waals surface area contributed by atoms with Gasteiger partial charge in [0.05, 0.1) is 5.51 Å². The molecule has 0 aliphatic carbocycles. The number of carboxylic acid groups (broad SMARTS) is 1. The van der Waals surface area contributed by atoms with Gasteiger partial charge in [-0.05, 0) is 6.92 Å². The largest absolute Gasteiger partial charge is 0.478 e. The topological polar surface area (TPSA) is 62.2 Å². The maximum absolute atomic E-state index is 10.3. The molecule has 0 amide bonds. The molecule has 1 aromatic heterocycles. The van der Waals surface area contributed by atoms with E-state index in [0.29, 0.717) is 6.54 Å². The predicted octanol–water partition coefficient (Wildman–Crippen LogP) is 1.26. The number of hydrogen-bond acceptors (Lipinski definition) is 4. The molecule has 76 valence electrons. The second kappa shape index (κ2) is 5.51. The molecule has 0 atom stereocenters. The molecule has 1 heterocycles. The lowest BCUT2D eigenvalue weighted by Gasteiger charge is -2.01. The molecule has 14 heavy (non-hydrogen) atoms. The molecule has 1 rings (SSSR count). The molecule has 0 aliphatic heterocycles. The van der Waals surface area contributed by atoms with E-state index < -0.39 is 5.97 Å². The van der Waals surface area contributed by atoms with Gasteiger partial charge in [-0.2, -0.15) is 0 Å². The second-order valence-corrected chi connectivity index (χ2v) is 3.87. The second-order valence-electron chi connectivity index (χ2n) is 2.90. The Labute approximate surface area is 86.3 Å². The van der Waals surface area contributed by atoms with Crippen molar-refractivity contribution in [3.63, 3.8) is 0 Å². The molecule has 4 nitrogen and oxygen atoms in total. The van der Waals surface area contributed by atoms with E-state index in [-0.39, 0.29) is 0 Å². The van der Waals surface area contributed by atoms with Gasteiger partial charge in [0.1, 0.15) is 0 Å². The van der Waals surface area contributed by atoms with Crippen molar-refractivity contribution in [2.24, 2.45) is 0 Å². The quantitative estimate of drug-likeness (QED) is 0.721. The van der Waals surface area contributed by atoms with Crippen molar-refractivity contribution in [1.29, 1.82) is 0 Å². The van der Waals surface area contributed by atoms with Gasteiger partial charge in [0.25, 0.3) is 0 Å². The van der Waals surface area contributed by atoms with Crippen LogP contribution >= 0.6 is 11.3 Å². The highest BCUT2D eigenvalue weighted by Crippen LogP contribution is 2.04. The third-order valence-corrected chi connectivity index (χ3v) is 2.34. The number of carbonyl (C=O) groups is 1. The van der Waals surface area contributed by atoms with E-state index in [4.69, 9.17) is 5.11 Å². The van der Waals surface area contributed by atoms with Gasteiger partial charge in [0.2, 0.25) is 0 Å². The lowest BCUT2D eigenvalue weighted by atomic mass is 10.3. The van der Waals surface area contributed by atoms with Crippen LogP contribution in [0, 0.1) is 0 Å². The summed E-state index contributed by atoms with van der Waals surface area (Å²) in [4.78, 5) is 15.4. The summed E-state index contributed by atoms with van der Waals surface area (Å²) in [5.41, 5.74) is 2.58. The highest BCUT2D eigenvalue weighted by atomic mass is 32.1. The van der Waals surface area contributed by atoms with Crippen LogP contribution in [0.15, 0.2) is 23.4 Å². The molecular weight excluding hydrogens is 200 g/mol. The zero-order chi connectivity index (χ0) is 10.4. The molecule has 0 bridgehead atoms. The molecule has 0 aromatic carbocycles. The van der Waals surface area contributed by atoms with Crippen LogP contribution in [0.2, 0.25) is 0 Å². The molecular formula is C9H12N2O2S. The predicted molar refractivity (Wildman–Crippen MR) is 55.2 cm³/mol. The zero-order valence-electron chi connectivity index (χ0n) is 7.86. The number of aromatic nitrogens is 1. The number of thiazole rings is 1. The fraction of sp³-hybridized carbons (Fsp3) is 0.333.